The Labute approximate surface area is 333 Å². The molecule has 1 unspecified atom stereocenters. The molecule has 1 saturated carbocycles. The number of carbonyl (C=O) groups excluding carboxylic acids is 3. The van der Waals surface area contributed by atoms with Gasteiger partial charge in [0.1, 0.15) is 23.3 Å². The standard InChI is InChI=1S/C42H52F2N4O8S/c1-41(2,3)56-40(51)47-25-31(48(27-42(26-47)21-22-42)57(52,53)32-9-6-5-7-10-32)17-18-33-34(44)11-8-12-35(33)45-38(49)37(46-39(50)54-4)36(29-19-23-55-24-20-29)28-13-15-30(43)16-14-28/h5-16,29,31,36-37H,17-27H2,1-4H3,(H,45,49)(H,46,50)/t31?,36-,37-/m0/s1. The van der Waals surface area contributed by atoms with E-state index < -0.39 is 68.8 Å². The van der Waals surface area contributed by atoms with Gasteiger partial charge in [-0.3, -0.25) is 4.79 Å². The Bertz CT molecular complexity index is 2000. The van der Waals surface area contributed by atoms with Crippen molar-refractivity contribution in [1.82, 2.24) is 14.5 Å². The number of rotatable bonds is 11. The Morgan fingerprint density at radius 2 is 1.63 bits per heavy atom. The fourth-order valence-corrected chi connectivity index (χ4v) is 9.76. The van der Waals surface area contributed by atoms with E-state index in [9.17, 15) is 27.2 Å². The zero-order chi connectivity index (χ0) is 41.0. The van der Waals surface area contributed by atoms with Crippen molar-refractivity contribution in [3.63, 3.8) is 0 Å². The summed E-state index contributed by atoms with van der Waals surface area (Å²) in [5.41, 5.74) is -0.353. The van der Waals surface area contributed by atoms with Gasteiger partial charge < -0.3 is 29.7 Å². The van der Waals surface area contributed by atoms with Crippen LogP contribution in [-0.2, 0) is 35.4 Å². The second-order valence-corrected chi connectivity index (χ2v) is 18.2. The molecule has 3 aliphatic rings. The summed E-state index contributed by atoms with van der Waals surface area (Å²) in [4.78, 5) is 42.4. The molecule has 2 heterocycles. The zero-order valence-electron chi connectivity index (χ0n) is 32.8. The van der Waals surface area contributed by atoms with E-state index in [2.05, 4.69) is 10.6 Å². The van der Waals surface area contributed by atoms with Crippen LogP contribution in [-0.4, -0.2) is 93.4 Å². The second-order valence-electron chi connectivity index (χ2n) is 16.3. The third kappa shape index (κ3) is 10.3. The van der Waals surface area contributed by atoms with E-state index in [1.807, 2.05) is 0 Å². The Kier molecular flexibility index (Phi) is 12.9. The quantitative estimate of drug-likeness (QED) is 0.214. The molecule has 0 bridgehead atoms. The minimum atomic E-state index is -4.06. The molecule has 3 fully saturated rings. The van der Waals surface area contributed by atoms with Crippen molar-refractivity contribution in [1.29, 1.82) is 0 Å². The van der Waals surface area contributed by atoms with Crippen molar-refractivity contribution in [3.05, 3.63) is 95.6 Å². The molecule has 3 aromatic carbocycles. The van der Waals surface area contributed by atoms with E-state index in [0.717, 1.165) is 12.8 Å². The number of alkyl carbamates (subject to hydrolysis) is 1. The van der Waals surface area contributed by atoms with Gasteiger partial charge >= 0.3 is 12.2 Å². The van der Waals surface area contributed by atoms with E-state index in [0.29, 0.717) is 38.2 Å². The molecule has 1 aliphatic carbocycles. The van der Waals surface area contributed by atoms with Gasteiger partial charge in [-0.05, 0) is 107 Å². The van der Waals surface area contributed by atoms with Crippen LogP contribution in [0.25, 0.3) is 0 Å². The normalized spacial score (nSPS) is 19.9. The number of hydrogen-bond donors (Lipinski definition) is 2. The summed E-state index contributed by atoms with van der Waals surface area (Å²) in [6.45, 7) is 6.68. The molecule has 0 aromatic heterocycles. The fraction of sp³-hybridized carbons (Fsp3) is 0.500. The third-order valence-corrected chi connectivity index (χ3v) is 13.0. The first kappa shape index (κ1) is 42.0. The van der Waals surface area contributed by atoms with Crippen molar-refractivity contribution in [2.24, 2.45) is 11.3 Å². The first-order valence-corrected chi connectivity index (χ1v) is 20.8. The molecule has 15 heteroatoms. The van der Waals surface area contributed by atoms with Gasteiger partial charge in [0.05, 0.1) is 12.0 Å². The molecule has 2 aliphatic heterocycles. The number of carbonyl (C=O) groups is 3. The van der Waals surface area contributed by atoms with Crippen LogP contribution in [0.15, 0.2) is 77.7 Å². The van der Waals surface area contributed by atoms with E-state index in [1.54, 1.807) is 62.1 Å². The number of ether oxygens (including phenoxy) is 3. The average Bonchev–Trinajstić information content (AvgIpc) is 3.97. The molecule has 2 saturated heterocycles. The Morgan fingerprint density at radius 1 is 0.947 bits per heavy atom. The molecule has 57 heavy (non-hydrogen) atoms. The second kappa shape index (κ2) is 17.5. The van der Waals surface area contributed by atoms with E-state index >= 15 is 4.39 Å². The largest absolute Gasteiger partial charge is 0.453 e. The number of nitrogens with zero attached hydrogens (tertiary/aromatic N) is 2. The lowest BCUT2D eigenvalue weighted by atomic mass is 9.76. The molecule has 12 nitrogen and oxygen atoms in total. The maximum Gasteiger partial charge on any atom is 0.410 e. The van der Waals surface area contributed by atoms with Crippen LogP contribution in [0.1, 0.15) is 69.9 Å². The van der Waals surface area contributed by atoms with Gasteiger partial charge in [0, 0.05) is 61.5 Å². The minimum absolute atomic E-state index is 0.00838. The van der Waals surface area contributed by atoms with Gasteiger partial charge in [0.2, 0.25) is 15.9 Å². The molecule has 3 amide bonds. The number of hydrogen-bond acceptors (Lipinski definition) is 8. The lowest BCUT2D eigenvalue weighted by Crippen LogP contribution is -2.50. The van der Waals surface area contributed by atoms with Crippen molar-refractivity contribution in [3.8, 4) is 0 Å². The lowest BCUT2D eigenvalue weighted by molar-refractivity contribution is -0.119. The molecule has 1 spiro atoms. The highest BCUT2D eigenvalue weighted by molar-refractivity contribution is 7.89. The van der Waals surface area contributed by atoms with E-state index in [1.165, 1.54) is 47.8 Å². The lowest BCUT2D eigenvalue weighted by Gasteiger charge is -2.36. The SMILES string of the molecule is COC(=O)N[C@H](C(=O)Nc1cccc(F)c1CCC1CN(C(=O)OC(C)(C)C)CC2(CC2)CN1S(=O)(=O)c1ccccc1)[C@@H](c1ccc(F)cc1)C1CCOCC1. The molecule has 308 valence electrons. The fourth-order valence-electron chi connectivity index (χ4n) is 7.98. The number of halogens is 2. The van der Waals surface area contributed by atoms with Gasteiger partial charge in [-0.15, -0.1) is 0 Å². The Hall–Kier alpha value is -4.60. The van der Waals surface area contributed by atoms with E-state index in [4.69, 9.17) is 14.2 Å². The summed E-state index contributed by atoms with van der Waals surface area (Å²) in [7, 11) is -2.88. The van der Waals surface area contributed by atoms with Crippen molar-refractivity contribution >= 4 is 33.8 Å². The number of amides is 3. The maximum atomic E-state index is 16.0. The maximum absolute atomic E-state index is 16.0. The smallest absolute Gasteiger partial charge is 0.410 e. The van der Waals surface area contributed by atoms with Crippen LogP contribution in [0.4, 0.5) is 24.1 Å². The number of anilines is 1. The van der Waals surface area contributed by atoms with Crippen LogP contribution in [0, 0.1) is 23.0 Å². The minimum Gasteiger partial charge on any atom is -0.453 e. The highest BCUT2D eigenvalue weighted by Gasteiger charge is 2.52. The summed E-state index contributed by atoms with van der Waals surface area (Å²) in [6, 6.07) is 16.1. The molecular formula is C42H52F2N4O8S. The van der Waals surface area contributed by atoms with Gasteiger partial charge in [0.15, 0.2) is 0 Å². The first-order valence-electron chi connectivity index (χ1n) is 19.4. The summed E-state index contributed by atoms with van der Waals surface area (Å²) in [5.74, 6) is -2.50. The summed E-state index contributed by atoms with van der Waals surface area (Å²) in [5, 5.41) is 5.53. The predicted molar refractivity (Wildman–Crippen MR) is 209 cm³/mol. The molecule has 6 rings (SSSR count). The highest BCUT2D eigenvalue weighted by atomic mass is 32.2. The monoisotopic (exact) mass is 810 g/mol. The Morgan fingerprint density at radius 3 is 2.26 bits per heavy atom. The molecule has 3 aromatic rings. The summed E-state index contributed by atoms with van der Waals surface area (Å²) >= 11 is 0. The predicted octanol–water partition coefficient (Wildman–Crippen LogP) is 6.86. The molecule has 3 atom stereocenters. The number of benzene rings is 3. The van der Waals surface area contributed by atoms with Crippen LogP contribution >= 0.6 is 0 Å². The van der Waals surface area contributed by atoms with Gasteiger partial charge in [-0.1, -0.05) is 36.4 Å². The van der Waals surface area contributed by atoms with Crippen molar-refractivity contribution in [2.45, 2.75) is 87.8 Å². The highest BCUT2D eigenvalue weighted by Crippen LogP contribution is 2.50. The van der Waals surface area contributed by atoms with Crippen LogP contribution in [0.5, 0.6) is 0 Å². The van der Waals surface area contributed by atoms with Gasteiger partial charge in [0.25, 0.3) is 0 Å². The Balaban J connectivity index is 1.32. The zero-order valence-corrected chi connectivity index (χ0v) is 33.7. The van der Waals surface area contributed by atoms with Crippen LogP contribution in [0.2, 0.25) is 0 Å². The number of nitrogens with one attached hydrogen (secondary N) is 2. The van der Waals surface area contributed by atoms with Crippen LogP contribution in [0.3, 0.4) is 0 Å². The molecule has 0 radical (unpaired) electrons. The summed E-state index contributed by atoms with van der Waals surface area (Å²) in [6.07, 6.45) is 1.28. The van der Waals surface area contributed by atoms with Crippen molar-refractivity contribution < 1.29 is 45.8 Å². The van der Waals surface area contributed by atoms with Crippen molar-refractivity contribution in [2.75, 3.05) is 45.3 Å². The third-order valence-electron chi connectivity index (χ3n) is 11.0. The summed E-state index contributed by atoms with van der Waals surface area (Å²) < 4.78 is 76.5. The number of sulfonamides is 1. The molecular weight excluding hydrogens is 759 g/mol. The molecule has 2 N–H and O–H groups in total. The van der Waals surface area contributed by atoms with E-state index in [-0.39, 0.29) is 48.0 Å². The van der Waals surface area contributed by atoms with Crippen LogP contribution < -0.4 is 10.6 Å². The topological polar surface area (TPSA) is 144 Å². The first-order chi connectivity index (χ1) is 27.1. The van der Waals surface area contributed by atoms with Gasteiger partial charge in [-0.25, -0.2) is 26.8 Å². The van der Waals surface area contributed by atoms with Gasteiger partial charge in [-0.2, -0.15) is 4.31 Å². The average molecular weight is 811 g/mol. The number of methoxy groups -OCH3 is 1.